The van der Waals surface area contributed by atoms with Crippen LogP contribution in [0.1, 0.15) is 44.3 Å². The van der Waals surface area contributed by atoms with Crippen molar-refractivity contribution in [2.24, 2.45) is 17.3 Å². The Morgan fingerprint density at radius 2 is 1.86 bits per heavy atom. The molecule has 6 rings (SSSR count). The summed E-state index contributed by atoms with van der Waals surface area (Å²) >= 11 is 6.83. The number of benzene rings is 1. The van der Waals surface area contributed by atoms with E-state index >= 15 is 0 Å². The highest BCUT2D eigenvalue weighted by Crippen LogP contribution is 2.64. The third-order valence-corrected chi connectivity index (χ3v) is 6.93. The highest BCUT2D eigenvalue weighted by Gasteiger charge is 2.60. The van der Waals surface area contributed by atoms with Crippen molar-refractivity contribution in [3.63, 3.8) is 0 Å². The predicted molar refractivity (Wildman–Crippen MR) is 109 cm³/mol. The first-order valence-electron chi connectivity index (χ1n) is 10.1. The van der Waals surface area contributed by atoms with Gasteiger partial charge in [0.2, 0.25) is 11.9 Å². The molecule has 7 nitrogen and oxygen atoms in total. The summed E-state index contributed by atoms with van der Waals surface area (Å²) < 4.78 is 5.68. The van der Waals surface area contributed by atoms with Crippen LogP contribution in [0.15, 0.2) is 30.3 Å². The highest BCUT2D eigenvalue weighted by atomic mass is 35.5. The number of nitrogens with zero attached hydrogens (tertiary/aromatic N) is 3. The molecular weight excluding hydrogens is 390 g/mol. The van der Waals surface area contributed by atoms with Crippen LogP contribution in [0.5, 0.6) is 0 Å². The molecular formula is C21H24ClN5O2. The molecule has 152 valence electrons. The topological polar surface area (TPSA) is 103 Å². The number of halogens is 1. The summed E-state index contributed by atoms with van der Waals surface area (Å²) in [4.78, 5) is 25.4. The number of aromatic nitrogens is 3. The third-order valence-electron chi connectivity index (χ3n) is 6.48. The molecule has 8 heteroatoms. The molecule has 0 amide bonds. The first-order valence-corrected chi connectivity index (χ1v) is 10.5. The Morgan fingerprint density at radius 1 is 1.14 bits per heavy atom. The number of para-hydroxylation sites is 1. The van der Waals surface area contributed by atoms with Crippen LogP contribution in [0.3, 0.4) is 0 Å². The molecule has 2 aromatic rings. The lowest BCUT2D eigenvalue weighted by Gasteiger charge is -2.58. The van der Waals surface area contributed by atoms with Crippen molar-refractivity contribution in [3.8, 4) is 0 Å². The molecule has 4 atom stereocenters. The Kier molecular flexibility index (Phi) is 4.38. The number of carbonyl (C=O) groups excluding carboxylic acids is 1. The van der Waals surface area contributed by atoms with Crippen molar-refractivity contribution in [3.05, 3.63) is 36.2 Å². The zero-order valence-electron chi connectivity index (χ0n) is 16.1. The molecule has 0 spiro atoms. The molecule has 1 aromatic heterocycles. The maximum absolute atomic E-state index is 13.1. The van der Waals surface area contributed by atoms with Crippen molar-refractivity contribution in [2.75, 3.05) is 11.1 Å². The van der Waals surface area contributed by atoms with Gasteiger partial charge in [0.05, 0.1) is 5.41 Å². The number of esters is 1. The van der Waals surface area contributed by atoms with Crippen molar-refractivity contribution in [1.29, 1.82) is 0 Å². The van der Waals surface area contributed by atoms with Gasteiger partial charge < -0.3 is 15.8 Å². The van der Waals surface area contributed by atoms with Crippen LogP contribution in [0.4, 0.5) is 17.6 Å². The van der Waals surface area contributed by atoms with E-state index in [-0.39, 0.29) is 23.4 Å². The third kappa shape index (κ3) is 3.64. The smallest absolute Gasteiger partial charge is 0.312 e. The number of rotatable bonds is 5. The lowest BCUT2D eigenvalue weighted by atomic mass is 9.49. The van der Waals surface area contributed by atoms with Gasteiger partial charge in [0, 0.05) is 10.6 Å². The molecule has 4 bridgehead atoms. The lowest BCUT2D eigenvalue weighted by molar-refractivity contribution is -0.171. The summed E-state index contributed by atoms with van der Waals surface area (Å²) in [6.45, 7) is -0.0264. The van der Waals surface area contributed by atoms with Gasteiger partial charge in [0.15, 0.2) is 12.4 Å². The van der Waals surface area contributed by atoms with Crippen LogP contribution in [0, 0.1) is 17.3 Å². The lowest BCUT2D eigenvalue weighted by Crippen LogP contribution is -2.56. The van der Waals surface area contributed by atoms with E-state index in [0.717, 1.165) is 31.4 Å². The van der Waals surface area contributed by atoms with Gasteiger partial charge >= 0.3 is 5.97 Å². The van der Waals surface area contributed by atoms with Gasteiger partial charge in [-0.1, -0.05) is 18.2 Å². The summed E-state index contributed by atoms with van der Waals surface area (Å²) in [6, 6.07) is 9.53. The van der Waals surface area contributed by atoms with Gasteiger partial charge in [0.1, 0.15) is 0 Å². The zero-order chi connectivity index (χ0) is 20.1. The van der Waals surface area contributed by atoms with E-state index in [0.29, 0.717) is 30.0 Å². The standard InChI is InChI=1S/C21H24ClN5O2/c22-21-9-13-6-14(10-21)8-20(7-13,12-21)17(28)29-11-16-25-18(23)27-19(26-16)24-15-4-2-1-3-5-15/h1-5,13-14H,6-12H2,(H3,23,24,25,26,27)/t13-,14+,20?,21?. The molecule has 4 fully saturated rings. The van der Waals surface area contributed by atoms with E-state index in [9.17, 15) is 4.79 Å². The fraction of sp³-hybridized carbons (Fsp3) is 0.524. The Morgan fingerprint density at radius 3 is 2.55 bits per heavy atom. The average Bonchev–Trinajstić information content (AvgIpc) is 2.64. The summed E-state index contributed by atoms with van der Waals surface area (Å²) in [5.74, 6) is 1.64. The maximum atomic E-state index is 13.1. The SMILES string of the molecule is Nc1nc(COC(=O)C23C[C@@H]4C[C@@H](CC(Cl)(C4)C2)C3)nc(Nc2ccccc2)n1. The minimum Gasteiger partial charge on any atom is -0.457 e. The number of ether oxygens (including phenoxy) is 1. The fourth-order valence-electron chi connectivity index (χ4n) is 5.88. The van der Waals surface area contributed by atoms with Gasteiger partial charge in [0.25, 0.3) is 0 Å². The number of hydrogen-bond donors (Lipinski definition) is 2. The normalized spacial score (nSPS) is 32.2. The minimum atomic E-state index is -0.449. The summed E-state index contributed by atoms with van der Waals surface area (Å²) in [6.07, 6.45) is 5.74. The second-order valence-corrected chi connectivity index (χ2v) is 9.69. The maximum Gasteiger partial charge on any atom is 0.312 e. The number of carbonyl (C=O) groups is 1. The van der Waals surface area contributed by atoms with Crippen LogP contribution in [-0.2, 0) is 16.1 Å². The Labute approximate surface area is 174 Å². The Hall–Kier alpha value is -2.41. The number of nitrogens with one attached hydrogen (secondary N) is 1. The molecule has 3 N–H and O–H groups in total. The molecule has 1 aromatic carbocycles. The van der Waals surface area contributed by atoms with E-state index in [1.807, 2.05) is 30.3 Å². The summed E-state index contributed by atoms with van der Waals surface area (Å²) in [7, 11) is 0. The molecule has 0 aliphatic heterocycles. The van der Waals surface area contributed by atoms with E-state index in [2.05, 4.69) is 20.3 Å². The average molecular weight is 414 g/mol. The molecule has 1 heterocycles. The van der Waals surface area contributed by atoms with Crippen LogP contribution < -0.4 is 11.1 Å². The number of nitrogen functional groups attached to an aromatic ring is 1. The Bertz CT molecular complexity index is 924. The van der Waals surface area contributed by atoms with E-state index in [1.54, 1.807) is 0 Å². The first kappa shape index (κ1) is 18.6. The van der Waals surface area contributed by atoms with Crippen molar-refractivity contribution < 1.29 is 9.53 Å². The monoisotopic (exact) mass is 413 g/mol. The van der Waals surface area contributed by atoms with E-state index in [1.165, 1.54) is 6.42 Å². The largest absolute Gasteiger partial charge is 0.457 e. The second-order valence-electron chi connectivity index (χ2n) is 8.89. The highest BCUT2D eigenvalue weighted by molar-refractivity contribution is 6.24. The number of anilines is 3. The minimum absolute atomic E-state index is 0.0264. The number of hydrogen-bond acceptors (Lipinski definition) is 7. The summed E-state index contributed by atoms with van der Waals surface area (Å²) in [5.41, 5.74) is 6.21. The van der Waals surface area contributed by atoms with Crippen molar-refractivity contribution in [2.45, 2.75) is 50.0 Å². The van der Waals surface area contributed by atoms with Gasteiger partial charge in [-0.15, -0.1) is 11.6 Å². The van der Waals surface area contributed by atoms with Gasteiger partial charge in [-0.25, -0.2) is 0 Å². The van der Waals surface area contributed by atoms with Crippen molar-refractivity contribution >= 4 is 35.2 Å². The molecule has 4 aliphatic carbocycles. The second kappa shape index (κ2) is 6.83. The fourth-order valence-corrected chi connectivity index (χ4v) is 6.57. The van der Waals surface area contributed by atoms with Crippen molar-refractivity contribution in [1.82, 2.24) is 15.0 Å². The summed E-state index contributed by atoms with van der Waals surface area (Å²) in [5, 5.41) is 3.09. The predicted octanol–water partition coefficient (Wildman–Crippen LogP) is 3.82. The van der Waals surface area contributed by atoms with Crippen LogP contribution in [0.2, 0.25) is 0 Å². The van der Waals surface area contributed by atoms with Gasteiger partial charge in [-0.2, -0.15) is 15.0 Å². The molecule has 2 unspecified atom stereocenters. The molecule has 4 saturated carbocycles. The molecule has 4 aliphatic rings. The zero-order valence-corrected chi connectivity index (χ0v) is 16.9. The van der Waals surface area contributed by atoms with E-state index < -0.39 is 5.41 Å². The molecule has 0 radical (unpaired) electrons. The number of alkyl halides is 1. The van der Waals surface area contributed by atoms with Crippen LogP contribution in [0.25, 0.3) is 0 Å². The molecule has 29 heavy (non-hydrogen) atoms. The first-order chi connectivity index (χ1) is 13.9. The van der Waals surface area contributed by atoms with Gasteiger partial charge in [-0.05, 0) is 62.5 Å². The number of nitrogens with two attached hydrogens (primary N) is 1. The quantitative estimate of drug-likeness (QED) is 0.567. The Balaban J connectivity index is 1.28. The molecule has 0 saturated heterocycles. The van der Waals surface area contributed by atoms with E-state index in [4.69, 9.17) is 22.1 Å². The van der Waals surface area contributed by atoms with Crippen LogP contribution in [-0.4, -0.2) is 25.8 Å². The van der Waals surface area contributed by atoms with Gasteiger partial charge in [-0.3, -0.25) is 4.79 Å². The van der Waals surface area contributed by atoms with Crippen LogP contribution >= 0.6 is 11.6 Å².